The molecule has 2 aromatic rings. The van der Waals surface area contributed by atoms with Crippen LogP contribution in [0, 0.1) is 0 Å². The van der Waals surface area contributed by atoms with Crippen LogP contribution in [0.5, 0.6) is 0 Å². The minimum atomic E-state index is -0.717. The Kier molecular flexibility index (Phi) is 6.36. The standard InChI is InChI=1S/C17H21N3O2/c21-17(22)10-3-1-2-6-13-20(15-8-7-11-18-14-15)16-9-4-5-12-19-16/h4-5,7-9,11-12,14H,1-3,6,10,13H2,(H,21,22). The molecule has 22 heavy (non-hydrogen) atoms. The van der Waals surface area contributed by atoms with Crippen molar-refractivity contribution in [1.29, 1.82) is 0 Å². The van der Waals surface area contributed by atoms with Gasteiger partial charge in [-0.3, -0.25) is 9.78 Å². The fourth-order valence-electron chi connectivity index (χ4n) is 2.30. The third kappa shape index (κ3) is 5.16. The summed E-state index contributed by atoms with van der Waals surface area (Å²) in [7, 11) is 0. The van der Waals surface area contributed by atoms with Crippen LogP contribution in [-0.2, 0) is 4.79 Å². The van der Waals surface area contributed by atoms with E-state index in [0.717, 1.165) is 43.7 Å². The van der Waals surface area contributed by atoms with Gasteiger partial charge in [-0.15, -0.1) is 0 Å². The first kappa shape index (κ1) is 15.9. The van der Waals surface area contributed by atoms with Crippen LogP contribution >= 0.6 is 0 Å². The zero-order valence-corrected chi connectivity index (χ0v) is 12.6. The Morgan fingerprint density at radius 3 is 2.59 bits per heavy atom. The monoisotopic (exact) mass is 299 g/mol. The van der Waals surface area contributed by atoms with Crippen molar-refractivity contribution in [2.75, 3.05) is 11.4 Å². The molecule has 5 heteroatoms. The van der Waals surface area contributed by atoms with Crippen LogP contribution in [0.4, 0.5) is 11.5 Å². The van der Waals surface area contributed by atoms with E-state index in [4.69, 9.17) is 5.11 Å². The third-order valence-corrected chi connectivity index (χ3v) is 3.41. The summed E-state index contributed by atoms with van der Waals surface area (Å²) in [6.45, 7) is 0.843. The quantitative estimate of drug-likeness (QED) is 0.716. The van der Waals surface area contributed by atoms with E-state index < -0.39 is 5.97 Å². The maximum Gasteiger partial charge on any atom is 0.303 e. The summed E-state index contributed by atoms with van der Waals surface area (Å²) in [6.07, 6.45) is 9.31. The lowest BCUT2D eigenvalue weighted by atomic mass is 10.1. The molecule has 0 saturated heterocycles. The average molecular weight is 299 g/mol. The van der Waals surface area contributed by atoms with Crippen molar-refractivity contribution in [2.45, 2.75) is 32.1 Å². The van der Waals surface area contributed by atoms with E-state index in [1.54, 1.807) is 12.4 Å². The highest BCUT2D eigenvalue weighted by Crippen LogP contribution is 2.22. The van der Waals surface area contributed by atoms with E-state index >= 15 is 0 Å². The van der Waals surface area contributed by atoms with Gasteiger partial charge in [-0.1, -0.05) is 18.9 Å². The zero-order valence-electron chi connectivity index (χ0n) is 12.6. The minimum Gasteiger partial charge on any atom is -0.481 e. The second-order valence-electron chi connectivity index (χ2n) is 5.11. The van der Waals surface area contributed by atoms with Gasteiger partial charge < -0.3 is 10.0 Å². The molecule has 0 bridgehead atoms. The number of carbonyl (C=O) groups is 1. The first-order chi connectivity index (χ1) is 10.8. The highest BCUT2D eigenvalue weighted by atomic mass is 16.4. The topological polar surface area (TPSA) is 66.3 Å². The molecule has 1 N–H and O–H groups in total. The van der Waals surface area contributed by atoms with Crippen LogP contribution in [0.3, 0.4) is 0 Å². The van der Waals surface area contributed by atoms with E-state index in [-0.39, 0.29) is 6.42 Å². The normalized spacial score (nSPS) is 10.4. The molecule has 0 amide bonds. The molecule has 0 spiro atoms. The Bertz CT molecular complexity index is 521. The molecule has 5 nitrogen and oxygen atoms in total. The van der Waals surface area contributed by atoms with Gasteiger partial charge in [-0.2, -0.15) is 0 Å². The van der Waals surface area contributed by atoms with Gasteiger partial charge in [0.2, 0.25) is 0 Å². The maximum absolute atomic E-state index is 10.5. The Balaban J connectivity index is 1.91. The Labute approximate surface area is 130 Å². The molecule has 2 rings (SSSR count). The largest absolute Gasteiger partial charge is 0.481 e. The van der Waals surface area contributed by atoms with Gasteiger partial charge in [0.05, 0.1) is 11.9 Å². The highest BCUT2D eigenvalue weighted by molar-refractivity contribution is 5.66. The van der Waals surface area contributed by atoms with Crippen molar-refractivity contribution in [3.63, 3.8) is 0 Å². The van der Waals surface area contributed by atoms with Crippen LogP contribution < -0.4 is 4.90 Å². The molecule has 0 saturated carbocycles. The molecule has 0 aromatic carbocycles. The Morgan fingerprint density at radius 2 is 1.91 bits per heavy atom. The van der Waals surface area contributed by atoms with Gasteiger partial charge in [0.25, 0.3) is 0 Å². The number of aromatic nitrogens is 2. The SMILES string of the molecule is O=C(O)CCCCCCN(c1cccnc1)c1ccccn1. The number of unbranched alkanes of at least 4 members (excludes halogenated alkanes) is 3. The molecular weight excluding hydrogens is 278 g/mol. The van der Waals surface area contributed by atoms with Crippen molar-refractivity contribution < 1.29 is 9.90 Å². The summed E-state index contributed by atoms with van der Waals surface area (Å²) in [5, 5.41) is 8.63. The number of pyridine rings is 2. The molecule has 0 radical (unpaired) electrons. The molecule has 0 atom stereocenters. The summed E-state index contributed by atoms with van der Waals surface area (Å²) < 4.78 is 0. The molecule has 0 unspecified atom stereocenters. The Morgan fingerprint density at radius 1 is 1.05 bits per heavy atom. The number of nitrogens with zero attached hydrogens (tertiary/aromatic N) is 3. The summed E-state index contributed by atoms with van der Waals surface area (Å²) in [4.78, 5) is 21.2. The lowest BCUT2D eigenvalue weighted by Gasteiger charge is -2.23. The third-order valence-electron chi connectivity index (χ3n) is 3.41. The molecule has 2 aromatic heterocycles. The van der Waals surface area contributed by atoms with Gasteiger partial charge in [0.15, 0.2) is 0 Å². The van der Waals surface area contributed by atoms with Crippen LogP contribution in [0.15, 0.2) is 48.9 Å². The van der Waals surface area contributed by atoms with E-state index in [1.807, 2.05) is 36.5 Å². The van der Waals surface area contributed by atoms with Crippen LogP contribution in [0.1, 0.15) is 32.1 Å². The van der Waals surface area contributed by atoms with Crippen molar-refractivity contribution >= 4 is 17.5 Å². The Hall–Kier alpha value is -2.43. The van der Waals surface area contributed by atoms with Crippen LogP contribution in [0.2, 0.25) is 0 Å². The number of rotatable bonds is 9. The van der Waals surface area contributed by atoms with E-state index in [9.17, 15) is 4.79 Å². The minimum absolute atomic E-state index is 0.257. The van der Waals surface area contributed by atoms with E-state index in [0.29, 0.717) is 0 Å². The highest BCUT2D eigenvalue weighted by Gasteiger charge is 2.09. The molecule has 0 aliphatic rings. The van der Waals surface area contributed by atoms with Crippen molar-refractivity contribution in [1.82, 2.24) is 9.97 Å². The molecule has 2 heterocycles. The summed E-state index contributed by atoms with van der Waals surface area (Å²) in [6, 6.07) is 9.79. The van der Waals surface area contributed by atoms with Crippen LogP contribution in [-0.4, -0.2) is 27.6 Å². The van der Waals surface area contributed by atoms with Crippen molar-refractivity contribution in [3.05, 3.63) is 48.9 Å². The van der Waals surface area contributed by atoms with E-state index in [2.05, 4.69) is 14.9 Å². The number of carboxylic acid groups (broad SMARTS) is 1. The number of anilines is 2. The number of aliphatic carboxylic acids is 1. The first-order valence-corrected chi connectivity index (χ1v) is 7.58. The maximum atomic E-state index is 10.5. The fourth-order valence-corrected chi connectivity index (χ4v) is 2.30. The van der Waals surface area contributed by atoms with Crippen LogP contribution in [0.25, 0.3) is 0 Å². The molecule has 0 fully saturated rings. The smallest absolute Gasteiger partial charge is 0.303 e. The molecule has 0 aliphatic carbocycles. The van der Waals surface area contributed by atoms with E-state index in [1.165, 1.54) is 0 Å². The predicted molar refractivity (Wildman–Crippen MR) is 86.2 cm³/mol. The second-order valence-corrected chi connectivity index (χ2v) is 5.11. The fraction of sp³-hybridized carbons (Fsp3) is 0.353. The average Bonchev–Trinajstić information content (AvgIpc) is 2.55. The second kappa shape index (κ2) is 8.77. The predicted octanol–water partition coefficient (Wildman–Crippen LogP) is 3.65. The lowest BCUT2D eigenvalue weighted by Crippen LogP contribution is -2.19. The van der Waals surface area contributed by atoms with Gasteiger partial charge in [-0.25, -0.2) is 4.98 Å². The first-order valence-electron chi connectivity index (χ1n) is 7.58. The summed E-state index contributed by atoms with van der Waals surface area (Å²) in [5.41, 5.74) is 1.02. The number of hydrogen-bond acceptors (Lipinski definition) is 4. The molecular formula is C17H21N3O2. The molecule has 116 valence electrons. The van der Waals surface area contributed by atoms with Gasteiger partial charge in [-0.05, 0) is 37.1 Å². The lowest BCUT2D eigenvalue weighted by molar-refractivity contribution is -0.137. The summed E-state index contributed by atoms with van der Waals surface area (Å²) in [5.74, 6) is 0.187. The number of hydrogen-bond donors (Lipinski definition) is 1. The number of carboxylic acids is 1. The van der Waals surface area contributed by atoms with Crippen molar-refractivity contribution in [3.8, 4) is 0 Å². The van der Waals surface area contributed by atoms with Gasteiger partial charge >= 0.3 is 5.97 Å². The zero-order chi connectivity index (χ0) is 15.6. The van der Waals surface area contributed by atoms with Gasteiger partial charge in [0, 0.05) is 25.4 Å². The molecule has 0 aliphatic heterocycles. The van der Waals surface area contributed by atoms with Gasteiger partial charge in [0.1, 0.15) is 5.82 Å². The van der Waals surface area contributed by atoms with Crippen molar-refractivity contribution in [2.24, 2.45) is 0 Å². The summed E-state index contributed by atoms with van der Waals surface area (Å²) >= 11 is 0.